The van der Waals surface area contributed by atoms with E-state index >= 15 is 0 Å². The molecule has 0 fully saturated rings. The molecule has 35 heavy (non-hydrogen) atoms. The molecule has 1 aliphatic rings. The van der Waals surface area contributed by atoms with Gasteiger partial charge in [-0.15, -0.1) is 0 Å². The number of carbonyl (C=O) groups excluding carboxylic acids is 2. The van der Waals surface area contributed by atoms with Crippen LogP contribution in [0.25, 0.3) is 11.0 Å². The zero-order chi connectivity index (χ0) is 25.3. The van der Waals surface area contributed by atoms with Gasteiger partial charge in [0.15, 0.2) is 22.9 Å². The zero-order valence-electron chi connectivity index (χ0n) is 20.6. The van der Waals surface area contributed by atoms with Crippen molar-refractivity contribution < 1.29 is 28.6 Å². The minimum Gasteiger partial charge on any atom is -0.503 e. The molecule has 8 heteroatoms. The van der Waals surface area contributed by atoms with Crippen molar-refractivity contribution in [1.82, 2.24) is 9.80 Å². The first-order valence-corrected chi connectivity index (χ1v) is 11.5. The third-order valence-corrected chi connectivity index (χ3v) is 5.86. The Labute approximate surface area is 204 Å². The predicted molar refractivity (Wildman–Crippen MR) is 132 cm³/mol. The van der Waals surface area contributed by atoms with Crippen LogP contribution in [0.3, 0.4) is 0 Å². The minimum absolute atomic E-state index is 0.0144. The van der Waals surface area contributed by atoms with E-state index in [1.54, 1.807) is 30.3 Å². The number of likely N-dealkylation sites (N-methyl/N-ethyl adjacent to an activating group) is 1. The molecule has 1 aromatic heterocycles. The Morgan fingerprint density at radius 1 is 1.14 bits per heavy atom. The van der Waals surface area contributed by atoms with Crippen molar-refractivity contribution in [3.63, 3.8) is 0 Å². The van der Waals surface area contributed by atoms with Gasteiger partial charge in [0.25, 0.3) is 5.91 Å². The second-order valence-electron chi connectivity index (χ2n) is 8.99. The van der Waals surface area contributed by atoms with Crippen molar-refractivity contribution in [3.05, 3.63) is 71.2 Å². The molecular formula is C27H30N2O6. The number of para-hydroxylation sites is 2. The minimum atomic E-state index is -0.833. The summed E-state index contributed by atoms with van der Waals surface area (Å²) in [7, 11) is 5.31. The topological polar surface area (TPSA) is 92.5 Å². The fourth-order valence-electron chi connectivity index (χ4n) is 4.26. The lowest BCUT2D eigenvalue weighted by Gasteiger charge is -2.29. The lowest BCUT2D eigenvalue weighted by Crippen LogP contribution is -2.36. The lowest BCUT2D eigenvalue weighted by atomic mass is 9.94. The van der Waals surface area contributed by atoms with Crippen LogP contribution in [0.1, 0.15) is 36.0 Å². The first kappa shape index (κ1) is 24.3. The smallest absolute Gasteiger partial charge is 0.290 e. The molecule has 2 heterocycles. The number of nitrogens with zero attached hydrogens (tertiary/aromatic N) is 2. The van der Waals surface area contributed by atoms with Crippen LogP contribution in [0.2, 0.25) is 0 Å². The normalized spacial score (nSPS) is 16.1. The van der Waals surface area contributed by atoms with Gasteiger partial charge < -0.3 is 28.8 Å². The second-order valence-corrected chi connectivity index (χ2v) is 8.99. The van der Waals surface area contributed by atoms with E-state index < -0.39 is 23.5 Å². The molecule has 1 aliphatic heterocycles. The summed E-state index contributed by atoms with van der Waals surface area (Å²) in [6.07, 6.45) is -0.122. The fraction of sp³-hybridized carbons (Fsp3) is 0.333. The van der Waals surface area contributed by atoms with E-state index in [-0.39, 0.29) is 17.4 Å². The third-order valence-electron chi connectivity index (χ3n) is 5.86. The highest BCUT2D eigenvalue weighted by Crippen LogP contribution is 2.43. The molecule has 0 aliphatic carbocycles. The number of methoxy groups -OCH3 is 1. The van der Waals surface area contributed by atoms with Crippen molar-refractivity contribution in [2.75, 3.05) is 34.3 Å². The summed E-state index contributed by atoms with van der Waals surface area (Å²) in [5.41, 5.74) is 1.01. The predicted octanol–water partition coefficient (Wildman–Crippen LogP) is 4.37. The van der Waals surface area contributed by atoms with Gasteiger partial charge in [0.1, 0.15) is 5.75 Å². The van der Waals surface area contributed by atoms with Crippen molar-refractivity contribution >= 4 is 22.7 Å². The molecule has 1 atom stereocenters. The Morgan fingerprint density at radius 3 is 2.54 bits per heavy atom. The number of carbonyl (C=O) groups is 2. The molecule has 1 amide bonds. The Morgan fingerprint density at radius 2 is 1.86 bits per heavy atom. The second kappa shape index (κ2) is 9.84. The first-order valence-electron chi connectivity index (χ1n) is 11.5. The van der Waals surface area contributed by atoms with Gasteiger partial charge in [-0.2, -0.15) is 0 Å². The summed E-state index contributed by atoms with van der Waals surface area (Å²) >= 11 is 0. The quantitative estimate of drug-likeness (QED) is 0.457. The monoisotopic (exact) mass is 478 g/mol. The van der Waals surface area contributed by atoms with Crippen LogP contribution in [0, 0.1) is 0 Å². The van der Waals surface area contributed by atoms with Crippen molar-refractivity contribution in [3.8, 4) is 11.5 Å². The van der Waals surface area contributed by atoms with Crippen molar-refractivity contribution in [2.24, 2.45) is 0 Å². The molecule has 2 aromatic carbocycles. The van der Waals surface area contributed by atoms with Crippen LogP contribution >= 0.6 is 0 Å². The molecule has 8 nitrogen and oxygen atoms in total. The van der Waals surface area contributed by atoms with Gasteiger partial charge in [0, 0.05) is 24.0 Å². The van der Waals surface area contributed by atoms with E-state index in [9.17, 15) is 14.7 Å². The van der Waals surface area contributed by atoms with Crippen LogP contribution in [0.4, 0.5) is 0 Å². The Hall–Kier alpha value is -3.78. The standard InChI is InChI=1S/C27H30N2O6/c1-16(2)34-19-11-7-6-10-18(19)23-22(25(31)27(32)29(23)14-13-28(3)4)24(30)21-15-17-9-8-12-20(33-5)26(17)35-21/h6-12,15-16,23,31H,13-14H2,1-5H3. The van der Waals surface area contributed by atoms with E-state index in [1.165, 1.54) is 12.0 Å². The van der Waals surface area contributed by atoms with Crippen LogP contribution in [-0.2, 0) is 4.79 Å². The van der Waals surface area contributed by atoms with Gasteiger partial charge in [-0.3, -0.25) is 9.59 Å². The van der Waals surface area contributed by atoms with Gasteiger partial charge in [-0.05, 0) is 46.1 Å². The van der Waals surface area contributed by atoms with E-state index in [4.69, 9.17) is 13.9 Å². The Bertz CT molecular complexity index is 1290. The molecule has 0 bridgehead atoms. The Kier molecular flexibility index (Phi) is 6.84. The van der Waals surface area contributed by atoms with E-state index in [0.717, 1.165) is 0 Å². The maximum atomic E-state index is 13.8. The summed E-state index contributed by atoms with van der Waals surface area (Å²) in [5, 5.41) is 11.6. The number of aliphatic hydroxyl groups is 1. The Balaban J connectivity index is 1.84. The molecule has 184 valence electrons. The average Bonchev–Trinajstić information content (AvgIpc) is 3.36. The first-order chi connectivity index (χ1) is 16.7. The molecule has 1 unspecified atom stereocenters. The molecule has 0 saturated carbocycles. The van der Waals surface area contributed by atoms with Gasteiger partial charge >= 0.3 is 0 Å². The maximum absolute atomic E-state index is 13.8. The number of hydrogen-bond donors (Lipinski definition) is 1. The summed E-state index contributed by atoms with van der Waals surface area (Å²) in [6, 6.07) is 13.4. The van der Waals surface area contributed by atoms with Crippen molar-refractivity contribution in [2.45, 2.75) is 26.0 Å². The number of aliphatic hydroxyl groups excluding tert-OH is 1. The summed E-state index contributed by atoms with van der Waals surface area (Å²) < 4.78 is 17.2. The summed E-state index contributed by atoms with van der Waals surface area (Å²) in [6.45, 7) is 4.66. The van der Waals surface area contributed by atoms with E-state index in [1.807, 2.05) is 51.0 Å². The number of Topliss-reactive ketones (excluding diaryl/α,β-unsaturated/α-hetero) is 1. The van der Waals surface area contributed by atoms with E-state index in [0.29, 0.717) is 41.1 Å². The molecule has 1 N–H and O–H groups in total. The molecule has 4 rings (SSSR count). The van der Waals surface area contributed by atoms with Gasteiger partial charge in [0.05, 0.1) is 24.8 Å². The number of rotatable bonds is 9. The molecule has 0 saturated heterocycles. The number of hydrogen-bond acceptors (Lipinski definition) is 7. The molecule has 0 radical (unpaired) electrons. The summed E-state index contributed by atoms with van der Waals surface area (Å²) in [5.74, 6) is -0.700. The average molecular weight is 479 g/mol. The highest BCUT2D eigenvalue weighted by Gasteiger charge is 2.45. The number of amides is 1. The van der Waals surface area contributed by atoms with Crippen LogP contribution in [0.15, 0.2) is 64.3 Å². The maximum Gasteiger partial charge on any atom is 0.290 e. The van der Waals surface area contributed by atoms with Crippen LogP contribution in [-0.4, -0.2) is 67.0 Å². The number of fused-ring (bicyclic) bond motifs is 1. The van der Waals surface area contributed by atoms with Crippen LogP contribution < -0.4 is 9.47 Å². The zero-order valence-corrected chi connectivity index (χ0v) is 20.6. The SMILES string of the molecule is COc1cccc2cc(C(=O)C3=C(O)C(=O)N(CCN(C)C)C3c3ccccc3OC(C)C)oc12. The highest BCUT2D eigenvalue weighted by molar-refractivity contribution is 6.16. The van der Waals surface area contributed by atoms with E-state index in [2.05, 4.69) is 0 Å². The number of furan rings is 1. The third kappa shape index (κ3) is 4.61. The lowest BCUT2D eigenvalue weighted by molar-refractivity contribution is -0.129. The number of benzene rings is 2. The molecule has 0 spiro atoms. The van der Waals surface area contributed by atoms with Gasteiger partial charge in [0.2, 0.25) is 5.78 Å². The van der Waals surface area contributed by atoms with Crippen LogP contribution in [0.5, 0.6) is 11.5 Å². The largest absolute Gasteiger partial charge is 0.503 e. The molecular weight excluding hydrogens is 448 g/mol. The van der Waals surface area contributed by atoms with Crippen molar-refractivity contribution in [1.29, 1.82) is 0 Å². The molecule has 3 aromatic rings. The fourth-order valence-corrected chi connectivity index (χ4v) is 4.26. The van der Waals surface area contributed by atoms with Gasteiger partial charge in [-0.25, -0.2) is 0 Å². The highest BCUT2D eigenvalue weighted by atomic mass is 16.5. The number of ketones is 1. The van der Waals surface area contributed by atoms with Gasteiger partial charge in [-0.1, -0.05) is 30.3 Å². The number of ether oxygens (including phenoxy) is 2. The summed E-state index contributed by atoms with van der Waals surface area (Å²) in [4.78, 5) is 30.4.